The van der Waals surface area contributed by atoms with Crippen molar-refractivity contribution >= 4 is 0 Å². The summed E-state index contributed by atoms with van der Waals surface area (Å²) in [6.07, 6.45) is 13.0. The molecular weight excluding hydrogens is 220 g/mol. The van der Waals surface area contributed by atoms with E-state index < -0.39 is 0 Å². The quantitative estimate of drug-likeness (QED) is 0.712. The Kier molecular flexibility index (Phi) is 3.95. The van der Waals surface area contributed by atoms with Crippen LogP contribution in [0, 0.1) is 5.41 Å². The molecule has 0 unspecified atom stereocenters. The Morgan fingerprint density at radius 2 is 1.83 bits per heavy atom. The lowest BCUT2D eigenvalue weighted by Crippen LogP contribution is -2.44. The van der Waals surface area contributed by atoms with Crippen molar-refractivity contribution in [3.05, 3.63) is 0 Å². The lowest BCUT2D eigenvalue weighted by atomic mass is 9.85. The first-order valence-corrected chi connectivity index (χ1v) is 8.29. The number of nitrogens with zero attached hydrogens (tertiary/aromatic N) is 1. The van der Waals surface area contributed by atoms with Crippen molar-refractivity contribution in [1.82, 2.24) is 10.2 Å². The summed E-state index contributed by atoms with van der Waals surface area (Å²) in [6, 6.07) is 1.83. The predicted octanol–water partition coefficient (Wildman–Crippen LogP) is 3.17. The van der Waals surface area contributed by atoms with Gasteiger partial charge < -0.3 is 5.32 Å². The molecule has 2 nitrogen and oxygen atoms in total. The summed E-state index contributed by atoms with van der Waals surface area (Å²) in [5, 5.41) is 3.82. The number of hydrogen-bond acceptors (Lipinski definition) is 2. The van der Waals surface area contributed by atoms with Crippen LogP contribution in [0.25, 0.3) is 0 Å². The van der Waals surface area contributed by atoms with Crippen LogP contribution < -0.4 is 5.32 Å². The van der Waals surface area contributed by atoms with Crippen molar-refractivity contribution in [2.75, 3.05) is 19.6 Å². The van der Waals surface area contributed by atoms with Gasteiger partial charge in [-0.2, -0.15) is 0 Å². The Hall–Kier alpha value is -0.0800. The molecule has 1 N–H and O–H groups in total. The maximum atomic E-state index is 3.82. The van der Waals surface area contributed by atoms with Crippen LogP contribution in [-0.4, -0.2) is 36.6 Å². The molecule has 0 heterocycles. The highest BCUT2D eigenvalue weighted by Crippen LogP contribution is 2.41. The fourth-order valence-corrected chi connectivity index (χ4v) is 3.71. The fourth-order valence-electron chi connectivity index (χ4n) is 3.71. The Balaban J connectivity index is 1.56. The maximum Gasteiger partial charge on any atom is 0.00966 e. The molecule has 3 aliphatic carbocycles. The van der Waals surface area contributed by atoms with E-state index in [0.717, 1.165) is 12.1 Å². The van der Waals surface area contributed by atoms with Gasteiger partial charge in [-0.1, -0.05) is 19.8 Å². The Morgan fingerprint density at radius 1 is 1.11 bits per heavy atom. The fraction of sp³-hybridized carbons (Fsp3) is 1.00. The molecule has 3 fully saturated rings. The third-order valence-corrected chi connectivity index (χ3v) is 5.12. The molecule has 2 heteroatoms. The smallest absolute Gasteiger partial charge is 0.00966 e. The molecule has 0 amide bonds. The molecule has 0 aliphatic heterocycles. The molecule has 0 aromatic heterocycles. The normalized spacial score (nSPS) is 27.0. The zero-order chi connectivity index (χ0) is 12.4. The molecular formula is C16H30N2. The first-order chi connectivity index (χ1) is 8.81. The monoisotopic (exact) mass is 250 g/mol. The summed E-state index contributed by atoms with van der Waals surface area (Å²) >= 11 is 0. The molecule has 0 saturated heterocycles. The van der Waals surface area contributed by atoms with Gasteiger partial charge in [-0.05, 0) is 56.9 Å². The molecule has 0 spiro atoms. The summed E-state index contributed by atoms with van der Waals surface area (Å²) < 4.78 is 0. The summed E-state index contributed by atoms with van der Waals surface area (Å²) in [6.45, 7) is 6.34. The van der Waals surface area contributed by atoms with Crippen LogP contribution in [0.5, 0.6) is 0 Å². The molecule has 104 valence electrons. The summed E-state index contributed by atoms with van der Waals surface area (Å²) in [4.78, 5) is 2.82. The first kappa shape index (κ1) is 12.9. The number of hydrogen-bond donors (Lipinski definition) is 1. The second-order valence-corrected chi connectivity index (χ2v) is 7.06. The van der Waals surface area contributed by atoms with Gasteiger partial charge in [0.2, 0.25) is 0 Å². The molecule has 18 heavy (non-hydrogen) atoms. The van der Waals surface area contributed by atoms with E-state index in [2.05, 4.69) is 17.1 Å². The van der Waals surface area contributed by atoms with Crippen LogP contribution in [0.4, 0.5) is 0 Å². The van der Waals surface area contributed by atoms with Crippen molar-refractivity contribution < 1.29 is 0 Å². The zero-order valence-electron chi connectivity index (χ0n) is 12.1. The van der Waals surface area contributed by atoms with Gasteiger partial charge in [0.1, 0.15) is 0 Å². The van der Waals surface area contributed by atoms with Crippen LogP contribution >= 0.6 is 0 Å². The largest absolute Gasteiger partial charge is 0.313 e. The highest BCUT2D eigenvalue weighted by atomic mass is 15.2. The van der Waals surface area contributed by atoms with Gasteiger partial charge in [-0.15, -0.1) is 0 Å². The van der Waals surface area contributed by atoms with Gasteiger partial charge in [-0.25, -0.2) is 0 Å². The third-order valence-electron chi connectivity index (χ3n) is 5.12. The highest BCUT2D eigenvalue weighted by molar-refractivity contribution is 4.95. The molecule has 0 bridgehead atoms. The average Bonchev–Trinajstić information content (AvgIpc) is 3.27. The van der Waals surface area contributed by atoms with Gasteiger partial charge in [0.05, 0.1) is 0 Å². The standard InChI is InChI=1S/C16H30N2/c1-2-11-18(15-7-8-15)13-16(9-3-4-10-16)12-17-14-5-6-14/h14-15,17H,2-13H2,1H3. The zero-order valence-corrected chi connectivity index (χ0v) is 12.1. The molecule has 0 aromatic carbocycles. The van der Waals surface area contributed by atoms with Gasteiger partial charge in [-0.3, -0.25) is 4.90 Å². The molecule has 0 radical (unpaired) electrons. The molecule has 0 atom stereocenters. The summed E-state index contributed by atoms with van der Waals surface area (Å²) in [5.74, 6) is 0. The average molecular weight is 250 g/mol. The van der Waals surface area contributed by atoms with E-state index in [-0.39, 0.29) is 0 Å². The highest BCUT2D eigenvalue weighted by Gasteiger charge is 2.40. The lowest BCUT2D eigenvalue weighted by Gasteiger charge is -2.36. The van der Waals surface area contributed by atoms with Crippen LogP contribution in [0.1, 0.15) is 64.7 Å². The topological polar surface area (TPSA) is 15.3 Å². The summed E-state index contributed by atoms with van der Waals surface area (Å²) in [5.41, 5.74) is 0.625. The van der Waals surface area contributed by atoms with Crippen molar-refractivity contribution in [2.45, 2.75) is 76.8 Å². The lowest BCUT2D eigenvalue weighted by molar-refractivity contribution is 0.141. The van der Waals surface area contributed by atoms with Gasteiger partial charge in [0.15, 0.2) is 0 Å². The van der Waals surface area contributed by atoms with Crippen molar-refractivity contribution in [2.24, 2.45) is 5.41 Å². The minimum atomic E-state index is 0.625. The number of rotatable bonds is 8. The van der Waals surface area contributed by atoms with E-state index in [1.165, 1.54) is 77.4 Å². The van der Waals surface area contributed by atoms with Crippen LogP contribution in [0.2, 0.25) is 0 Å². The molecule has 3 rings (SSSR count). The maximum absolute atomic E-state index is 3.82. The molecule has 3 saturated carbocycles. The van der Waals surface area contributed by atoms with Crippen LogP contribution in [-0.2, 0) is 0 Å². The second kappa shape index (κ2) is 5.50. The molecule has 0 aromatic rings. The minimum absolute atomic E-state index is 0.625. The van der Waals surface area contributed by atoms with Gasteiger partial charge in [0.25, 0.3) is 0 Å². The van der Waals surface area contributed by atoms with E-state index in [1.807, 2.05) is 0 Å². The van der Waals surface area contributed by atoms with E-state index in [9.17, 15) is 0 Å². The van der Waals surface area contributed by atoms with E-state index in [0.29, 0.717) is 5.41 Å². The van der Waals surface area contributed by atoms with Gasteiger partial charge >= 0.3 is 0 Å². The molecule has 3 aliphatic rings. The number of nitrogens with one attached hydrogen (secondary N) is 1. The van der Waals surface area contributed by atoms with Gasteiger partial charge in [0, 0.05) is 25.2 Å². The second-order valence-electron chi connectivity index (χ2n) is 7.06. The minimum Gasteiger partial charge on any atom is -0.313 e. The van der Waals surface area contributed by atoms with Crippen LogP contribution in [0.3, 0.4) is 0 Å². The van der Waals surface area contributed by atoms with Crippen molar-refractivity contribution in [1.29, 1.82) is 0 Å². The van der Waals surface area contributed by atoms with Crippen LogP contribution in [0.15, 0.2) is 0 Å². The van der Waals surface area contributed by atoms with Crippen molar-refractivity contribution in [3.8, 4) is 0 Å². The Bertz CT molecular complexity index is 262. The van der Waals surface area contributed by atoms with E-state index in [4.69, 9.17) is 0 Å². The Labute approximate surface area is 113 Å². The first-order valence-electron chi connectivity index (χ1n) is 8.29. The summed E-state index contributed by atoms with van der Waals surface area (Å²) in [7, 11) is 0. The van der Waals surface area contributed by atoms with E-state index >= 15 is 0 Å². The SMILES string of the molecule is CCCN(CC1(CNC2CC2)CCCC1)C1CC1. The van der Waals surface area contributed by atoms with E-state index in [1.54, 1.807) is 0 Å². The predicted molar refractivity (Wildman–Crippen MR) is 76.8 cm³/mol. The Morgan fingerprint density at radius 3 is 2.39 bits per heavy atom. The van der Waals surface area contributed by atoms with Crippen molar-refractivity contribution in [3.63, 3.8) is 0 Å². The third kappa shape index (κ3) is 3.27.